The van der Waals surface area contributed by atoms with Crippen molar-refractivity contribution in [1.29, 1.82) is 0 Å². The molecule has 0 radical (unpaired) electrons. The Morgan fingerprint density at radius 1 is 1.15 bits per heavy atom. The molecule has 0 aliphatic heterocycles. The van der Waals surface area contributed by atoms with Gasteiger partial charge in [-0.1, -0.05) is 30.3 Å². The van der Waals surface area contributed by atoms with Gasteiger partial charge in [0.25, 0.3) is 0 Å². The van der Waals surface area contributed by atoms with Gasteiger partial charge in [-0.05, 0) is 24.8 Å². The molecule has 2 aromatic heterocycles. The lowest BCUT2D eigenvalue weighted by atomic mass is 10.1. The summed E-state index contributed by atoms with van der Waals surface area (Å²) in [6.07, 6.45) is 3.52. The molecule has 1 aliphatic rings. The number of hydrogen-bond acceptors (Lipinski definition) is 6. The molecule has 1 N–H and O–H groups in total. The number of ether oxygens (including phenoxy) is 2. The van der Waals surface area contributed by atoms with E-state index in [0.29, 0.717) is 24.6 Å². The average molecular weight is 369 g/mol. The topological polar surface area (TPSA) is 56.3 Å². The molecular formula is C20H23N3O2S. The molecule has 6 heteroatoms. The lowest BCUT2D eigenvalue weighted by Crippen LogP contribution is -2.19. The number of anilines is 1. The Balaban J connectivity index is 1.76. The molecule has 2 unspecified atom stereocenters. The summed E-state index contributed by atoms with van der Waals surface area (Å²) in [6.45, 7) is 0.411. The van der Waals surface area contributed by atoms with Crippen LogP contribution in [0.3, 0.4) is 0 Å². The van der Waals surface area contributed by atoms with E-state index in [1.165, 1.54) is 11.1 Å². The molecule has 0 saturated heterocycles. The highest BCUT2D eigenvalue weighted by atomic mass is 32.1. The van der Waals surface area contributed by atoms with Crippen LogP contribution >= 0.6 is 11.3 Å². The molecule has 2 heterocycles. The fraction of sp³-hybridized carbons (Fsp3) is 0.400. The van der Waals surface area contributed by atoms with Crippen molar-refractivity contribution in [3.63, 3.8) is 0 Å². The zero-order valence-corrected chi connectivity index (χ0v) is 15.9. The van der Waals surface area contributed by atoms with Gasteiger partial charge in [0.1, 0.15) is 17.3 Å². The molecule has 0 bridgehead atoms. The minimum atomic E-state index is 0.333. The van der Waals surface area contributed by atoms with Crippen LogP contribution in [-0.2, 0) is 16.1 Å². The number of thiophene rings is 1. The Kier molecular flexibility index (Phi) is 5.15. The molecule has 1 aromatic carbocycles. The normalized spacial score (nSPS) is 19.9. The number of fused-ring (bicyclic) bond motifs is 1. The number of nitrogens with one attached hydrogen (secondary N) is 1. The van der Waals surface area contributed by atoms with Gasteiger partial charge in [0.05, 0.1) is 11.5 Å². The minimum absolute atomic E-state index is 0.333. The molecule has 1 aliphatic carbocycles. The molecule has 1 fully saturated rings. The molecule has 0 amide bonds. The first-order valence-electron chi connectivity index (χ1n) is 8.90. The highest BCUT2D eigenvalue weighted by molar-refractivity contribution is 7.17. The van der Waals surface area contributed by atoms with Crippen LogP contribution < -0.4 is 5.32 Å². The fourth-order valence-corrected chi connectivity index (χ4v) is 4.56. The summed E-state index contributed by atoms with van der Waals surface area (Å²) in [5.74, 6) is 1.62. The average Bonchev–Trinajstić information content (AvgIpc) is 3.29. The SMILES string of the molecule is COCc1nc(NC2CCC(OC)C2)c2c(-c3ccccc3)csc2n1. The van der Waals surface area contributed by atoms with E-state index in [4.69, 9.17) is 19.4 Å². The van der Waals surface area contributed by atoms with Gasteiger partial charge >= 0.3 is 0 Å². The van der Waals surface area contributed by atoms with E-state index in [2.05, 4.69) is 35.0 Å². The fourth-order valence-electron chi connectivity index (χ4n) is 3.59. The van der Waals surface area contributed by atoms with Crippen LogP contribution in [0.25, 0.3) is 21.3 Å². The molecule has 4 rings (SSSR count). The van der Waals surface area contributed by atoms with Gasteiger partial charge in [-0.2, -0.15) is 0 Å². The predicted octanol–water partition coefficient (Wildman–Crippen LogP) is 4.48. The molecule has 0 spiro atoms. The van der Waals surface area contributed by atoms with Crippen molar-refractivity contribution in [2.75, 3.05) is 19.5 Å². The van der Waals surface area contributed by atoms with Gasteiger partial charge in [-0.3, -0.25) is 0 Å². The maximum absolute atomic E-state index is 5.52. The van der Waals surface area contributed by atoms with Crippen molar-refractivity contribution in [3.05, 3.63) is 41.5 Å². The van der Waals surface area contributed by atoms with E-state index < -0.39 is 0 Å². The second-order valence-corrected chi connectivity index (χ2v) is 7.49. The highest BCUT2D eigenvalue weighted by Gasteiger charge is 2.26. The summed E-state index contributed by atoms with van der Waals surface area (Å²) in [4.78, 5) is 10.5. The van der Waals surface area contributed by atoms with Crippen molar-refractivity contribution < 1.29 is 9.47 Å². The van der Waals surface area contributed by atoms with Gasteiger partial charge in [0.2, 0.25) is 0 Å². The van der Waals surface area contributed by atoms with Gasteiger partial charge in [-0.25, -0.2) is 9.97 Å². The lowest BCUT2D eigenvalue weighted by molar-refractivity contribution is 0.108. The molecule has 26 heavy (non-hydrogen) atoms. The third-order valence-electron chi connectivity index (χ3n) is 4.90. The summed E-state index contributed by atoms with van der Waals surface area (Å²) < 4.78 is 10.8. The number of methoxy groups -OCH3 is 2. The Bertz CT molecular complexity index is 881. The maximum Gasteiger partial charge on any atom is 0.158 e. The summed E-state index contributed by atoms with van der Waals surface area (Å²) in [5, 5.41) is 6.93. The third kappa shape index (κ3) is 3.45. The highest BCUT2D eigenvalue weighted by Crippen LogP contribution is 2.38. The molecule has 2 atom stereocenters. The number of benzene rings is 1. The van der Waals surface area contributed by atoms with Crippen molar-refractivity contribution >= 4 is 27.4 Å². The van der Waals surface area contributed by atoms with Crippen LogP contribution in [-0.4, -0.2) is 36.3 Å². The quantitative estimate of drug-likeness (QED) is 0.694. The molecule has 5 nitrogen and oxygen atoms in total. The van der Waals surface area contributed by atoms with Crippen molar-refractivity contribution in [1.82, 2.24) is 9.97 Å². The number of rotatable bonds is 6. The van der Waals surface area contributed by atoms with Gasteiger partial charge in [-0.15, -0.1) is 11.3 Å². The van der Waals surface area contributed by atoms with E-state index in [9.17, 15) is 0 Å². The van der Waals surface area contributed by atoms with Crippen molar-refractivity contribution in [2.45, 2.75) is 38.0 Å². The Morgan fingerprint density at radius 2 is 2.00 bits per heavy atom. The first kappa shape index (κ1) is 17.4. The zero-order chi connectivity index (χ0) is 17.9. The van der Waals surface area contributed by atoms with Crippen LogP contribution in [0.4, 0.5) is 5.82 Å². The van der Waals surface area contributed by atoms with Gasteiger partial charge in [0, 0.05) is 31.2 Å². The first-order chi connectivity index (χ1) is 12.8. The van der Waals surface area contributed by atoms with E-state index in [1.807, 2.05) is 6.07 Å². The largest absolute Gasteiger partial charge is 0.381 e. The minimum Gasteiger partial charge on any atom is -0.381 e. The van der Waals surface area contributed by atoms with E-state index >= 15 is 0 Å². The summed E-state index contributed by atoms with van der Waals surface area (Å²) in [7, 11) is 3.46. The Morgan fingerprint density at radius 3 is 2.73 bits per heavy atom. The first-order valence-corrected chi connectivity index (χ1v) is 9.78. The summed E-state index contributed by atoms with van der Waals surface area (Å²) in [6, 6.07) is 10.8. The standard InChI is InChI=1S/C20H23N3O2S/c1-24-11-17-22-19(21-14-8-9-15(10-14)25-2)18-16(12-26-20(18)23-17)13-6-4-3-5-7-13/h3-7,12,14-15H,8-11H2,1-2H3,(H,21,22,23). The van der Waals surface area contributed by atoms with Crippen LogP contribution in [0.15, 0.2) is 35.7 Å². The Hall–Kier alpha value is -2.02. The second-order valence-electron chi connectivity index (χ2n) is 6.63. The van der Waals surface area contributed by atoms with Gasteiger partial charge < -0.3 is 14.8 Å². The van der Waals surface area contributed by atoms with Gasteiger partial charge in [0.15, 0.2) is 5.82 Å². The molecular weight excluding hydrogens is 346 g/mol. The van der Waals surface area contributed by atoms with E-state index in [0.717, 1.165) is 35.3 Å². The summed E-state index contributed by atoms with van der Waals surface area (Å²) in [5.41, 5.74) is 2.37. The smallest absolute Gasteiger partial charge is 0.158 e. The van der Waals surface area contributed by atoms with Crippen LogP contribution in [0.2, 0.25) is 0 Å². The second kappa shape index (κ2) is 7.70. The maximum atomic E-state index is 5.52. The third-order valence-corrected chi connectivity index (χ3v) is 5.77. The van der Waals surface area contributed by atoms with Crippen LogP contribution in [0, 0.1) is 0 Å². The zero-order valence-electron chi connectivity index (χ0n) is 15.1. The number of nitrogens with zero attached hydrogens (tertiary/aromatic N) is 2. The van der Waals surface area contributed by atoms with E-state index in [1.54, 1.807) is 25.6 Å². The summed E-state index contributed by atoms with van der Waals surface area (Å²) >= 11 is 1.65. The number of aromatic nitrogens is 2. The number of hydrogen-bond donors (Lipinski definition) is 1. The molecule has 3 aromatic rings. The lowest BCUT2D eigenvalue weighted by Gasteiger charge is -2.16. The Labute approximate surface area is 157 Å². The van der Waals surface area contributed by atoms with Crippen LogP contribution in [0.5, 0.6) is 0 Å². The monoisotopic (exact) mass is 369 g/mol. The van der Waals surface area contributed by atoms with Crippen molar-refractivity contribution in [2.24, 2.45) is 0 Å². The molecule has 136 valence electrons. The molecule has 1 saturated carbocycles. The van der Waals surface area contributed by atoms with Crippen molar-refractivity contribution in [3.8, 4) is 11.1 Å². The predicted molar refractivity (Wildman–Crippen MR) is 106 cm³/mol. The van der Waals surface area contributed by atoms with Crippen LogP contribution in [0.1, 0.15) is 25.1 Å². The van der Waals surface area contributed by atoms with E-state index in [-0.39, 0.29) is 0 Å².